The summed E-state index contributed by atoms with van der Waals surface area (Å²) in [6, 6.07) is 0. The van der Waals surface area contributed by atoms with E-state index in [-0.39, 0.29) is 0 Å². The monoisotopic (exact) mass is 142 g/mol. The normalized spacial score (nSPS) is 15.2. The van der Waals surface area contributed by atoms with Crippen molar-refractivity contribution in [2.45, 2.75) is 19.2 Å². The van der Waals surface area contributed by atoms with Gasteiger partial charge < -0.3 is 5.11 Å². The molecule has 0 spiro atoms. The van der Waals surface area contributed by atoms with Gasteiger partial charge in [-0.25, -0.2) is 0 Å². The van der Waals surface area contributed by atoms with Crippen LogP contribution in [-0.2, 0) is 4.79 Å². The fourth-order valence-electron chi connectivity index (χ4n) is 0.237. The van der Waals surface area contributed by atoms with Crippen molar-refractivity contribution >= 4 is 5.78 Å². The molecule has 0 aromatic heterocycles. The molecule has 1 N–H and O–H groups in total. The third kappa shape index (κ3) is 2.46. The number of Topliss-reactive ketones (excluding diaryl/α,β-unsaturated/α-hetero) is 1. The van der Waals surface area contributed by atoms with Crippen molar-refractivity contribution in [1.29, 1.82) is 0 Å². The summed E-state index contributed by atoms with van der Waals surface area (Å²) in [5, 5.41) is 8.09. The smallest absolute Gasteiger partial charge is 0.385 e. The standard InChI is InChI=1S/C4H5F3O2/c1-2(8)3(9)4(5,6)7/h2,8H,1H3/t2-/m1/s1. The van der Waals surface area contributed by atoms with E-state index < -0.39 is 18.1 Å². The molecular formula is C4H5F3O2. The number of aliphatic hydroxyl groups excluding tert-OH is 1. The number of aliphatic hydroxyl groups is 1. The maximum atomic E-state index is 11.2. The fraction of sp³-hybridized carbons (Fsp3) is 0.750. The maximum Gasteiger partial charge on any atom is 0.452 e. The third-order valence-electron chi connectivity index (χ3n) is 0.659. The Kier molecular flexibility index (Phi) is 2.19. The number of halogens is 3. The van der Waals surface area contributed by atoms with Gasteiger partial charge in [0, 0.05) is 0 Å². The molecule has 0 bridgehead atoms. The topological polar surface area (TPSA) is 37.3 Å². The number of hydrogen-bond donors (Lipinski definition) is 1. The van der Waals surface area contributed by atoms with E-state index in [1.165, 1.54) is 0 Å². The predicted molar refractivity (Wildman–Crippen MR) is 22.7 cm³/mol. The molecule has 54 valence electrons. The van der Waals surface area contributed by atoms with Crippen LogP contribution in [0.1, 0.15) is 6.92 Å². The predicted octanol–water partition coefficient (Wildman–Crippen LogP) is 0.499. The lowest BCUT2D eigenvalue weighted by Gasteiger charge is -2.05. The molecule has 9 heavy (non-hydrogen) atoms. The average molecular weight is 142 g/mol. The van der Waals surface area contributed by atoms with Crippen LogP contribution < -0.4 is 0 Å². The highest BCUT2D eigenvalue weighted by Crippen LogP contribution is 2.17. The first-order chi connectivity index (χ1) is 3.85. The van der Waals surface area contributed by atoms with Crippen LogP contribution in [0.15, 0.2) is 0 Å². The zero-order valence-electron chi connectivity index (χ0n) is 4.57. The van der Waals surface area contributed by atoms with Gasteiger partial charge in [0.05, 0.1) is 0 Å². The summed E-state index contributed by atoms with van der Waals surface area (Å²) >= 11 is 0. The largest absolute Gasteiger partial charge is 0.452 e. The quantitative estimate of drug-likeness (QED) is 0.578. The van der Waals surface area contributed by atoms with Crippen molar-refractivity contribution < 1.29 is 23.1 Å². The number of carbonyl (C=O) groups is 1. The second-order valence-corrected chi connectivity index (χ2v) is 1.54. The highest BCUT2D eigenvalue weighted by molar-refractivity contribution is 5.87. The van der Waals surface area contributed by atoms with Gasteiger partial charge in [0.1, 0.15) is 6.10 Å². The van der Waals surface area contributed by atoms with Crippen LogP contribution in [0.5, 0.6) is 0 Å². The van der Waals surface area contributed by atoms with Gasteiger partial charge in [-0.05, 0) is 6.92 Å². The number of alkyl halides is 3. The molecule has 0 aliphatic rings. The van der Waals surface area contributed by atoms with Crippen LogP contribution in [0.4, 0.5) is 13.2 Å². The Hall–Kier alpha value is -0.580. The van der Waals surface area contributed by atoms with Crippen LogP contribution in [0, 0.1) is 0 Å². The van der Waals surface area contributed by atoms with Crippen LogP contribution in [0.3, 0.4) is 0 Å². The van der Waals surface area contributed by atoms with Crippen LogP contribution in [0.25, 0.3) is 0 Å². The lowest BCUT2D eigenvalue weighted by Crippen LogP contribution is -2.32. The van der Waals surface area contributed by atoms with Crippen molar-refractivity contribution in [3.8, 4) is 0 Å². The molecule has 0 saturated heterocycles. The lowest BCUT2D eigenvalue weighted by atomic mass is 10.2. The Morgan fingerprint density at radius 2 is 1.89 bits per heavy atom. The van der Waals surface area contributed by atoms with E-state index >= 15 is 0 Å². The van der Waals surface area contributed by atoms with E-state index in [1.54, 1.807) is 0 Å². The first-order valence-electron chi connectivity index (χ1n) is 2.15. The van der Waals surface area contributed by atoms with Crippen LogP contribution >= 0.6 is 0 Å². The van der Waals surface area contributed by atoms with E-state index in [0.29, 0.717) is 0 Å². The summed E-state index contributed by atoms with van der Waals surface area (Å²) in [6.45, 7) is 0.774. The zero-order valence-corrected chi connectivity index (χ0v) is 4.57. The summed E-state index contributed by atoms with van der Waals surface area (Å²) < 4.78 is 33.6. The number of ketones is 1. The van der Waals surface area contributed by atoms with Gasteiger partial charge in [-0.1, -0.05) is 0 Å². The molecule has 5 heteroatoms. The van der Waals surface area contributed by atoms with E-state index in [9.17, 15) is 18.0 Å². The summed E-state index contributed by atoms with van der Waals surface area (Å²) in [7, 11) is 0. The number of hydrogen-bond acceptors (Lipinski definition) is 2. The molecule has 1 atom stereocenters. The molecule has 0 saturated carbocycles. The minimum absolute atomic E-state index is 0.774. The fourth-order valence-corrected chi connectivity index (χ4v) is 0.237. The zero-order chi connectivity index (χ0) is 7.65. The Labute approximate surface area is 49.3 Å². The van der Waals surface area contributed by atoms with Crippen LogP contribution in [-0.4, -0.2) is 23.2 Å². The van der Waals surface area contributed by atoms with Gasteiger partial charge in [0.25, 0.3) is 5.78 Å². The average Bonchev–Trinajstić information content (AvgIpc) is 1.62. The van der Waals surface area contributed by atoms with Gasteiger partial charge in [-0.15, -0.1) is 0 Å². The summed E-state index contributed by atoms with van der Waals surface area (Å²) in [5.74, 6) is -2.11. The molecule has 0 aromatic rings. The summed E-state index contributed by atoms with van der Waals surface area (Å²) in [6.07, 6.45) is -6.86. The molecule has 0 aromatic carbocycles. The molecule has 2 nitrogen and oxygen atoms in total. The molecule has 0 unspecified atom stereocenters. The van der Waals surface area contributed by atoms with Crippen LogP contribution in [0.2, 0.25) is 0 Å². The first-order valence-corrected chi connectivity index (χ1v) is 2.15. The molecule has 0 amide bonds. The van der Waals surface area contributed by atoms with Gasteiger partial charge in [-0.3, -0.25) is 4.79 Å². The highest BCUT2D eigenvalue weighted by atomic mass is 19.4. The Morgan fingerprint density at radius 1 is 1.56 bits per heavy atom. The highest BCUT2D eigenvalue weighted by Gasteiger charge is 2.40. The third-order valence-corrected chi connectivity index (χ3v) is 0.659. The van der Waals surface area contributed by atoms with Gasteiger partial charge in [-0.2, -0.15) is 13.2 Å². The SMILES string of the molecule is C[C@@H](O)C(=O)C(F)(F)F. The minimum atomic E-state index is -4.91. The van der Waals surface area contributed by atoms with Gasteiger partial charge in [0.2, 0.25) is 0 Å². The van der Waals surface area contributed by atoms with E-state index in [1.807, 2.05) is 0 Å². The lowest BCUT2D eigenvalue weighted by molar-refractivity contribution is -0.178. The van der Waals surface area contributed by atoms with Crippen molar-refractivity contribution in [2.75, 3.05) is 0 Å². The molecule has 0 radical (unpaired) electrons. The van der Waals surface area contributed by atoms with Crippen molar-refractivity contribution in [3.05, 3.63) is 0 Å². The van der Waals surface area contributed by atoms with Gasteiger partial charge >= 0.3 is 6.18 Å². The minimum Gasteiger partial charge on any atom is -0.385 e. The molecular weight excluding hydrogens is 137 g/mol. The van der Waals surface area contributed by atoms with Gasteiger partial charge in [0.15, 0.2) is 0 Å². The molecule has 0 rings (SSSR count). The number of carbonyl (C=O) groups excluding carboxylic acids is 1. The Balaban J connectivity index is 4.06. The number of rotatable bonds is 1. The van der Waals surface area contributed by atoms with E-state index in [0.717, 1.165) is 6.92 Å². The molecule has 0 aliphatic carbocycles. The first kappa shape index (κ1) is 8.42. The van der Waals surface area contributed by atoms with Crippen molar-refractivity contribution in [2.24, 2.45) is 0 Å². The second-order valence-electron chi connectivity index (χ2n) is 1.54. The van der Waals surface area contributed by atoms with E-state index in [4.69, 9.17) is 5.11 Å². The molecule has 0 heterocycles. The summed E-state index contributed by atoms with van der Waals surface area (Å²) in [5.41, 5.74) is 0. The van der Waals surface area contributed by atoms with Crippen molar-refractivity contribution in [3.63, 3.8) is 0 Å². The molecule has 0 fully saturated rings. The second kappa shape index (κ2) is 2.34. The Bertz CT molecular complexity index is 115. The van der Waals surface area contributed by atoms with E-state index in [2.05, 4.69) is 0 Å². The Morgan fingerprint density at radius 3 is 1.89 bits per heavy atom. The van der Waals surface area contributed by atoms with Crippen molar-refractivity contribution in [1.82, 2.24) is 0 Å². The molecule has 0 aliphatic heterocycles. The maximum absolute atomic E-state index is 11.2. The summed E-state index contributed by atoms with van der Waals surface area (Å²) in [4.78, 5) is 9.79.